The molecule has 0 fully saturated rings. The fraction of sp³-hybridized carbons (Fsp3) is 0.375. The van der Waals surface area contributed by atoms with Crippen molar-refractivity contribution in [2.75, 3.05) is 26.9 Å². The molecule has 0 aromatic heterocycles. The lowest BCUT2D eigenvalue weighted by atomic mass is 10.1. The third kappa shape index (κ3) is 3.12. The van der Waals surface area contributed by atoms with E-state index in [2.05, 4.69) is 0 Å². The molecule has 0 atom stereocenters. The average Bonchev–Trinajstić information content (AvgIpc) is 2.72. The van der Waals surface area contributed by atoms with E-state index in [1.54, 1.807) is 31.4 Å². The van der Waals surface area contributed by atoms with E-state index in [1.807, 2.05) is 6.92 Å². The molecule has 118 valence electrons. The van der Waals surface area contributed by atoms with E-state index >= 15 is 0 Å². The van der Waals surface area contributed by atoms with Gasteiger partial charge < -0.3 is 14.6 Å². The molecule has 1 aromatic rings. The summed E-state index contributed by atoms with van der Waals surface area (Å²) in [6.45, 7) is 3.07. The van der Waals surface area contributed by atoms with Crippen LogP contribution in [0.2, 0.25) is 0 Å². The lowest BCUT2D eigenvalue weighted by molar-refractivity contribution is -0.138. The van der Waals surface area contributed by atoms with Crippen LogP contribution in [-0.4, -0.2) is 48.7 Å². The number of hydrogen-bond acceptors (Lipinski definition) is 5. The molecule has 22 heavy (non-hydrogen) atoms. The van der Waals surface area contributed by atoms with Crippen LogP contribution in [0.4, 0.5) is 0 Å². The second kappa shape index (κ2) is 7.09. The van der Waals surface area contributed by atoms with Crippen LogP contribution in [0.25, 0.3) is 5.57 Å². The Kier molecular flexibility index (Phi) is 5.16. The number of amides is 2. The first-order valence-electron chi connectivity index (χ1n) is 7.11. The smallest absolute Gasteiger partial charge is 0.296 e. The van der Waals surface area contributed by atoms with Gasteiger partial charge in [0.2, 0.25) is 0 Å². The molecule has 1 heterocycles. The van der Waals surface area contributed by atoms with E-state index in [4.69, 9.17) is 9.47 Å². The summed E-state index contributed by atoms with van der Waals surface area (Å²) in [5, 5.41) is 9.99. The van der Waals surface area contributed by atoms with Gasteiger partial charge in [-0.1, -0.05) is 12.1 Å². The van der Waals surface area contributed by atoms with Crippen LogP contribution in [-0.2, 0) is 14.3 Å². The Bertz CT molecular complexity index is 591. The zero-order chi connectivity index (χ0) is 16.1. The van der Waals surface area contributed by atoms with Gasteiger partial charge in [-0.3, -0.25) is 14.5 Å². The van der Waals surface area contributed by atoms with Crippen molar-refractivity contribution in [1.82, 2.24) is 4.90 Å². The normalized spacial score (nSPS) is 14.9. The third-order valence-corrected chi connectivity index (χ3v) is 3.33. The Labute approximate surface area is 128 Å². The molecule has 0 radical (unpaired) electrons. The van der Waals surface area contributed by atoms with Crippen molar-refractivity contribution in [1.29, 1.82) is 0 Å². The zero-order valence-electron chi connectivity index (χ0n) is 12.7. The van der Waals surface area contributed by atoms with Gasteiger partial charge in [-0.2, -0.15) is 0 Å². The summed E-state index contributed by atoms with van der Waals surface area (Å²) in [5.74, 6) is -0.987. The van der Waals surface area contributed by atoms with E-state index in [-0.39, 0.29) is 12.1 Å². The number of imide groups is 1. The summed E-state index contributed by atoms with van der Waals surface area (Å²) < 4.78 is 10.2. The summed E-state index contributed by atoms with van der Waals surface area (Å²) in [5.41, 5.74) is 0.527. The lowest BCUT2D eigenvalue weighted by Crippen LogP contribution is -2.33. The highest BCUT2D eigenvalue weighted by Crippen LogP contribution is 2.29. The second-order valence-electron chi connectivity index (χ2n) is 4.79. The molecule has 0 unspecified atom stereocenters. The van der Waals surface area contributed by atoms with Crippen LogP contribution < -0.4 is 4.74 Å². The van der Waals surface area contributed by atoms with Crippen LogP contribution in [0, 0.1) is 0 Å². The molecule has 0 saturated carbocycles. The van der Waals surface area contributed by atoms with Gasteiger partial charge in [-0.25, -0.2) is 0 Å². The van der Waals surface area contributed by atoms with Gasteiger partial charge in [-0.05, 0) is 31.0 Å². The first-order chi connectivity index (χ1) is 10.6. The van der Waals surface area contributed by atoms with Crippen LogP contribution in [0.1, 0.15) is 18.9 Å². The van der Waals surface area contributed by atoms with Gasteiger partial charge in [-0.15, -0.1) is 0 Å². The largest absolute Gasteiger partial charge is 0.502 e. The number of hydrogen-bond donors (Lipinski definition) is 1. The van der Waals surface area contributed by atoms with E-state index < -0.39 is 17.6 Å². The molecular weight excluding hydrogens is 286 g/mol. The number of aliphatic hydroxyl groups is 1. The fourth-order valence-electron chi connectivity index (χ4n) is 2.28. The fourth-order valence-corrected chi connectivity index (χ4v) is 2.28. The first-order valence-corrected chi connectivity index (χ1v) is 7.11. The van der Waals surface area contributed by atoms with Crippen LogP contribution in [0.5, 0.6) is 5.75 Å². The molecule has 2 rings (SSSR count). The van der Waals surface area contributed by atoms with Gasteiger partial charge in [0.25, 0.3) is 11.8 Å². The average molecular weight is 305 g/mol. The molecule has 2 amide bonds. The monoisotopic (exact) mass is 305 g/mol. The topological polar surface area (TPSA) is 76.1 Å². The zero-order valence-corrected chi connectivity index (χ0v) is 12.7. The molecule has 0 spiro atoms. The summed E-state index contributed by atoms with van der Waals surface area (Å²) >= 11 is 0. The summed E-state index contributed by atoms with van der Waals surface area (Å²) in [6, 6.07) is 6.70. The number of carbonyl (C=O) groups is 2. The summed E-state index contributed by atoms with van der Waals surface area (Å²) in [7, 11) is 1.55. The molecule has 0 bridgehead atoms. The number of ether oxygens (including phenoxy) is 2. The standard InChI is InChI=1S/C16H19NO5/c1-3-22-12-7-5-11(6-8-12)13-14(18)16(20)17(15(13)19)9-4-10-21-2/h5-8,18H,3-4,9-10H2,1-2H3. The molecule has 1 N–H and O–H groups in total. The van der Waals surface area contributed by atoms with E-state index in [1.165, 1.54) is 0 Å². The van der Waals surface area contributed by atoms with E-state index in [0.29, 0.717) is 30.9 Å². The molecule has 6 nitrogen and oxygen atoms in total. The van der Waals surface area contributed by atoms with Crippen molar-refractivity contribution in [3.05, 3.63) is 35.6 Å². The maximum atomic E-state index is 12.3. The molecule has 1 aromatic carbocycles. The molecule has 1 aliphatic heterocycles. The SMILES string of the molecule is CCOc1ccc(C2=C(O)C(=O)N(CCCOC)C2=O)cc1. The molecule has 1 aliphatic rings. The second-order valence-corrected chi connectivity index (χ2v) is 4.79. The van der Waals surface area contributed by atoms with Crippen molar-refractivity contribution in [3.63, 3.8) is 0 Å². The van der Waals surface area contributed by atoms with Crippen molar-refractivity contribution in [2.24, 2.45) is 0 Å². The summed E-state index contributed by atoms with van der Waals surface area (Å²) in [6.07, 6.45) is 0.526. The number of rotatable bonds is 7. The molecule has 0 saturated heterocycles. The number of aliphatic hydroxyl groups excluding tert-OH is 1. The third-order valence-electron chi connectivity index (χ3n) is 3.33. The number of methoxy groups -OCH3 is 1. The van der Waals surface area contributed by atoms with E-state index in [0.717, 1.165) is 4.90 Å². The molecule has 0 aliphatic carbocycles. The van der Waals surface area contributed by atoms with Gasteiger partial charge in [0.1, 0.15) is 5.75 Å². The van der Waals surface area contributed by atoms with Gasteiger partial charge in [0, 0.05) is 20.3 Å². The quantitative estimate of drug-likeness (QED) is 0.613. The van der Waals surface area contributed by atoms with Crippen molar-refractivity contribution in [3.8, 4) is 5.75 Å². The number of benzene rings is 1. The Morgan fingerprint density at radius 2 is 1.82 bits per heavy atom. The van der Waals surface area contributed by atoms with E-state index in [9.17, 15) is 14.7 Å². The van der Waals surface area contributed by atoms with Crippen molar-refractivity contribution < 1.29 is 24.2 Å². The van der Waals surface area contributed by atoms with Gasteiger partial charge in [0.05, 0.1) is 12.2 Å². The summed E-state index contributed by atoms with van der Waals surface area (Å²) in [4.78, 5) is 25.4. The Morgan fingerprint density at radius 1 is 1.14 bits per heavy atom. The minimum Gasteiger partial charge on any atom is -0.502 e. The maximum absolute atomic E-state index is 12.3. The molecule has 6 heteroatoms. The highest BCUT2D eigenvalue weighted by molar-refractivity contribution is 6.34. The first kappa shape index (κ1) is 16.0. The number of carbonyl (C=O) groups excluding carboxylic acids is 2. The minimum atomic E-state index is -0.662. The Morgan fingerprint density at radius 3 is 2.41 bits per heavy atom. The predicted octanol–water partition coefficient (Wildman–Crippen LogP) is 1.76. The molecular formula is C16H19NO5. The van der Waals surface area contributed by atoms with Crippen molar-refractivity contribution >= 4 is 17.4 Å². The Hall–Kier alpha value is -2.34. The van der Waals surface area contributed by atoms with Crippen molar-refractivity contribution in [2.45, 2.75) is 13.3 Å². The van der Waals surface area contributed by atoms with Gasteiger partial charge >= 0.3 is 0 Å². The lowest BCUT2D eigenvalue weighted by Gasteiger charge is -2.13. The number of nitrogens with zero attached hydrogens (tertiary/aromatic N) is 1. The highest BCUT2D eigenvalue weighted by atomic mass is 16.5. The van der Waals surface area contributed by atoms with Crippen LogP contribution >= 0.6 is 0 Å². The Balaban J connectivity index is 2.19. The van der Waals surface area contributed by atoms with Crippen LogP contribution in [0.15, 0.2) is 30.0 Å². The highest BCUT2D eigenvalue weighted by Gasteiger charge is 2.38. The predicted molar refractivity (Wildman–Crippen MR) is 80.4 cm³/mol. The maximum Gasteiger partial charge on any atom is 0.296 e. The van der Waals surface area contributed by atoms with Crippen LogP contribution in [0.3, 0.4) is 0 Å². The minimum absolute atomic E-state index is 0.0328. The van der Waals surface area contributed by atoms with Gasteiger partial charge in [0.15, 0.2) is 5.76 Å².